The van der Waals surface area contributed by atoms with E-state index in [-0.39, 0.29) is 17.5 Å². The van der Waals surface area contributed by atoms with Crippen molar-refractivity contribution >= 4 is 23.2 Å². The summed E-state index contributed by atoms with van der Waals surface area (Å²) < 4.78 is 53.5. The molecule has 0 aromatic heterocycles. The fraction of sp³-hybridized carbons (Fsp3) is 0.281. The van der Waals surface area contributed by atoms with Crippen LogP contribution in [0.1, 0.15) is 63.0 Å². The Bertz CT molecular complexity index is 1470. The lowest BCUT2D eigenvalue weighted by Crippen LogP contribution is -2.40. The number of allylic oxidation sites excluding steroid dienone is 1. The van der Waals surface area contributed by atoms with Crippen LogP contribution >= 0.6 is 0 Å². The highest BCUT2D eigenvalue weighted by atomic mass is 19.3. The lowest BCUT2D eigenvalue weighted by Gasteiger charge is -2.34. The number of fused-ring (bicyclic) bond motifs is 1. The van der Waals surface area contributed by atoms with Gasteiger partial charge in [-0.1, -0.05) is 42.5 Å². The van der Waals surface area contributed by atoms with E-state index in [1.165, 1.54) is 5.57 Å². The third kappa shape index (κ3) is 5.69. The molecule has 0 bridgehead atoms. The molecule has 39 heavy (non-hydrogen) atoms. The van der Waals surface area contributed by atoms with Crippen LogP contribution in [-0.4, -0.2) is 42.0 Å². The lowest BCUT2D eigenvalue weighted by atomic mass is 9.85. The molecular formula is C32H29F4NO2. The minimum atomic E-state index is -2.29. The van der Waals surface area contributed by atoms with Crippen molar-refractivity contribution in [1.82, 2.24) is 4.90 Å². The summed E-state index contributed by atoms with van der Waals surface area (Å²) in [5.74, 6) is -2.75. The number of hydrogen-bond acceptors (Lipinski definition) is 2. The zero-order valence-electron chi connectivity index (χ0n) is 21.6. The monoisotopic (exact) mass is 535 g/mol. The van der Waals surface area contributed by atoms with E-state index in [2.05, 4.69) is 6.08 Å². The summed E-state index contributed by atoms with van der Waals surface area (Å²) in [5.41, 5.74) is 7.74. The minimum Gasteiger partial charge on any atom is -0.478 e. The van der Waals surface area contributed by atoms with Gasteiger partial charge < -0.3 is 5.11 Å². The standard InChI is InChI=1S/C32H29F4NO2/c1-19-25(11-12-28(33)31(19)36)27-4-2-3-23-16-24(32(38)39)9-10-26(23)30(27)22-7-5-20(6-8-22)15-21-17-37(18-21)14-13-29(34)35/h5-12,15-16,29H,2-4,13-14,17-18H2,1H3,(H,38,39). The molecule has 3 aromatic carbocycles. The first-order valence-corrected chi connectivity index (χ1v) is 13.1. The third-order valence-corrected chi connectivity index (χ3v) is 7.55. The van der Waals surface area contributed by atoms with Crippen molar-refractivity contribution in [3.63, 3.8) is 0 Å². The van der Waals surface area contributed by atoms with Crippen LogP contribution in [-0.2, 0) is 6.42 Å². The molecule has 0 atom stereocenters. The number of halogens is 4. The smallest absolute Gasteiger partial charge is 0.335 e. The molecule has 0 radical (unpaired) electrons. The van der Waals surface area contributed by atoms with Crippen molar-refractivity contribution < 1.29 is 27.5 Å². The Morgan fingerprint density at radius 2 is 1.72 bits per heavy atom. The Morgan fingerprint density at radius 3 is 2.41 bits per heavy atom. The molecule has 1 saturated heterocycles. The predicted octanol–water partition coefficient (Wildman–Crippen LogP) is 7.62. The number of alkyl halides is 2. The van der Waals surface area contributed by atoms with E-state index in [9.17, 15) is 27.5 Å². The van der Waals surface area contributed by atoms with E-state index in [1.54, 1.807) is 25.1 Å². The number of nitrogens with zero attached hydrogens (tertiary/aromatic N) is 1. The van der Waals surface area contributed by atoms with Crippen LogP contribution in [0.5, 0.6) is 0 Å². The molecule has 1 heterocycles. The summed E-state index contributed by atoms with van der Waals surface area (Å²) in [6.07, 6.45) is 1.69. The predicted molar refractivity (Wildman–Crippen MR) is 145 cm³/mol. The van der Waals surface area contributed by atoms with Gasteiger partial charge in [0.15, 0.2) is 11.6 Å². The molecule has 3 nitrogen and oxygen atoms in total. The molecule has 3 aromatic rings. The van der Waals surface area contributed by atoms with Crippen molar-refractivity contribution in [3.8, 4) is 0 Å². The Labute approximate surface area is 225 Å². The van der Waals surface area contributed by atoms with E-state index in [4.69, 9.17) is 0 Å². The number of carbonyl (C=O) groups is 1. The summed E-state index contributed by atoms with van der Waals surface area (Å²) in [7, 11) is 0. The molecule has 1 fully saturated rings. The quantitative estimate of drug-likeness (QED) is 0.317. The van der Waals surface area contributed by atoms with Crippen molar-refractivity contribution in [2.75, 3.05) is 19.6 Å². The number of benzene rings is 3. The van der Waals surface area contributed by atoms with Gasteiger partial charge in [-0.05, 0) is 94.5 Å². The summed E-state index contributed by atoms with van der Waals surface area (Å²) in [4.78, 5) is 13.6. The maximum atomic E-state index is 14.6. The second-order valence-corrected chi connectivity index (χ2v) is 10.2. The molecule has 0 spiro atoms. The van der Waals surface area contributed by atoms with Crippen LogP contribution < -0.4 is 0 Å². The SMILES string of the molecule is Cc1c(C2=C(c3ccc(C=C4CN(CCC(F)F)C4)cc3)c3ccc(C(=O)O)cc3CCC2)ccc(F)c1F. The van der Waals surface area contributed by atoms with E-state index >= 15 is 0 Å². The second-order valence-electron chi connectivity index (χ2n) is 10.2. The van der Waals surface area contributed by atoms with Crippen LogP contribution in [0, 0.1) is 18.6 Å². The van der Waals surface area contributed by atoms with Crippen molar-refractivity contribution in [2.45, 2.75) is 39.0 Å². The molecular weight excluding hydrogens is 506 g/mol. The molecule has 1 aliphatic carbocycles. The fourth-order valence-electron chi connectivity index (χ4n) is 5.54. The molecule has 1 N–H and O–H groups in total. The van der Waals surface area contributed by atoms with Gasteiger partial charge >= 0.3 is 5.97 Å². The molecule has 0 saturated carbocycles. The van der Waals surface area contributed by atoms with Gasteiger partial charge in [-0.15, -0.1) is 0 Å². The fourth-order valence-corrected chi connectivity index (χ4v) is 5.54. The normalized spacial score (nSPS) is 15.7. The lowest BCUT2D eigenvalue weighted by molar-refractivity contribution is 0.0696. The van der Waals surface area contributed by atoms with Gasteiger partial charge in [0.1, 0.15) is 0 Å². The Morgan fingerprint density at radius 1 is 1.00 bits per heavy atom. The van der Waals surface area contributed by atoms with Gasteiger partial charge in [0, 0.05) is 26.1 Å². The average Bonchev–Trinajstić information content (AvgIpc) is 3.08. The van der Waals surface area contributed by atoms with Crippen LogP contribution in [0.4, 0.5) is 17.6 Å². The second kappa shape index (κ2) is 11.2. The summed E-state index contributed by atoms with van der Waals surface area (Å²) in [6, 6.07) is 15.8. The summed E-state index contributed by atoms with van der Waals surface area (Å²) in [5, 5.41) is 9.53. The molecule has 5 rings (SSSR count). The van der Waals surface area contributed by atoms with Crippen LogP contribution in [0.3, 0.4) is 0 Å². The molecule has 1 aliphatic heterocycles. The number of carboxylic acids is 1. The van der Waals surface area contributed by atoms with Gasteiger partial charge in [0.25, 0.3) is 0 Å². The topological polar surface area (TPSA) is 40.5 Å². The van der Waals surface area contributed by atoms with E-state index in [1.807, 2.05) is 35.2 Å². The molecule has 2 aliphatic rings. The number of aromatic carboxylic acids is 1. The van der Waals surface area contributed by atoms with Crippen LogP contribution in [0.15, 0.2) is 60.2 Å². The average molecular weight is 536 g/mol. The number of hydrogen-bond donors (Lipinski definition) is 1. The third-order valence-electron chi connectivity index (χ3n) is 7.55. The maximum Gasteiger partial charge on any atom is 0.335 e. The maximum absolute atomic E-state index is 14.6. The summed E-state index contributed by atoms with van der Waals surface area (Å²) in [6.45, 7) is 3.32. The van der Waals surface area contributed by atoms with Gasteiger partial charge in [-0.25, -0.2) is 22.4 Å². The number of likely N-dealkylation sites (tertiary alicyclic amines) is 1. The van der Waals surface area contributed by atoms with Crippen molar-refractivity contribution in [1.29, 1.82) is 0 Å². The molecule has 7 heteroatoms. The Hall–Kier alpha value is -3.71. The molecule has 202 valence electrons. The van der Waals surface area contributed by atoms with E-state index < -0.39 is 24.0 Å². The van der Waals surface area contributed by atoms with Crippen LogP contribution in [0.2, 0.25) is 0 Å². The Balaban J connectivity index is 1.54. The number of carboxylic acid groups (broad SMARTS) is 1. The molecule has 0 amide bonds. The Kier molecular flexibility index (Phi) is 7.71. The van der Waals surface area contributed by atoms with Crippen molar-refractivity contribution in [2.24, 2.45) is 0 Å². The van der Waals surface area contributed by atoms with E-state index in [0.29, 0.717) is 38.0 Å². The van der Waals surface area contributed by atoms with E-state index in [0.717, 1.165) is 45.9 Å². The highest BCUT2D eigenvalue weighted by molar-refractivity contribution is 6.01. The van der Waals surface area contributed by atoms with Gasteiger partial charge in [0.05, 0.1) is 5.56 Å². The van der Waals surface area contributed by atoms with Gasteiger partial charge in [-0.3, -0.25) is 4.90 Å². The summed E-state index contributed by atoms with van der Waals surface area (Å²) >= 11 is 0. The highest BCUT2D eigenvalue weighted by Gasteiger charge is 2.24. The largest absolute Gasteiger partial charge is 0.478 e. The van der Waals surface area contributed by atoms with Crippen LogP contribution in [0.25, 0.3) is 17.2 Å². The minimum absolute atomic E-state index is 0.119. The zero-order chi connectivity index (χ0) is 27.7. The van der Waals surface area contributed by atoms with Gasteiger partial charge in [-0.2, -0.15) is 0 Å². The molecule has 0 unspecified atom stereocenters. The first-order chi connectivity index (χ1) is 18.7. The highest BCUT2D eigenvalue weighted by Crippen LogP contribution is 2.41. The number of rotatable bonds is 7. The zero-order valence-corrected chi connectivity index (χ0v) is 21.6. The number of aryl methyl sites for hydroxylation is 1. The first kappa shape index (κ1) is 26.9. The van der Waals surface area contributed by atoms with Crippen molar-refractivity contribution in [3.05, 3.63) is 111 Å². The first-order valence-electron chi connectivity index (χ1n) is 13.1. The van der Waals surface area contributed by atoms with Gasteiger partial charge in [0.2, 0.25) is 6.43 Å².